The zero-order chi connectivity index (χ0) is 25.5. The number of pyridine rings is 2. The first kappa shape index (κ1) is 23.0. The van der Waals surface area contributed by atoms with E-state index in [1.165, 1.54) is 14.2 Å². The number of hydrogen-bond acceptors (Lipinski definition) is 6. The molecule has 0 amide bonds. The Hall–Kier alpha value is -4.46. The lowest BCUT2D eigenvalue weighted by atomic mass is 10.0. The molecule has 0 saturated heterocycles. The highest BCUT2D eigenvalue weighted by molar-refractivity contribution is 6.27. The maximum atomic E-state index is 13.9. The van der Waals surface area contributed by atoms with Gasteiger partial charge in [-0.3, -0.25) is 14.0 Å². The molecule has 0 radical (unpaired) electrons. The molecule has 186 valence electrons. The van der Waals surface area contributed by atoms with Crippen molar-refractivity contribution in [3.8, 4) is 22.8 Å². The number of unbranched alkanes of at least 4 members (excludes halogenated alkanes) is 2. The predicted molar refractivity (Wildman–Crippen MR) is 141 cm³/mol. The number of aryl methyl sites for hydroxylation is 1. The maximum absolute atomic E-state index is 13.9. The first-order valence-corrected chi connectivity index (χ1v) is 12.4. The zero-order valence-corrected chi connectivity index (χ0v) is 20.7. The topological polar surface area (TPSA) is 87.7 Å². The van der Waals surface area contributed by atoms with Crippen molar-refractivity contribution >= 4 is 22.2 Å². The van der Waals surface area contributed by atoms with Gasteiger partial charge < -0.3 is 14.0 Å². The van der Waals surface area contributed by atoms with Crippen molar-refractivity contribution in [2.24, 2.45) is 0 Å². The number of hydrogen-bond donors (Lipinski definition) is 0. The standard InChI is InChI=1S/C29H26N4O4/c1-36-21-15-14-20-24-26(18-10-5-6-11-19(18)27(24)34)33(29(35)25(20)28(21)37-2)17-8-3-4-12-22-30-31-23-13-7-9-16-32(22)23/h5-7,9-11,13-16H,3-4,8,12,17H2,1-2H3. The quantitative estimate of drug-likeness (QED) is 0.286. The van der Waals surface area contributed by atoms with E-state index in [0.29, 0.717) is 45.6 Å². The van der Waals surface area contributed by atoms with Crippen LogP contribution in [-0.2, 0) is 13.0 Å². The molecular weight excluding hydrogens is 468 g/mol. The smallest absolute Gasteiger partial charge is 0.262 e. The number of carbonyl (C=O) groups excluding carboxylic acids is 1. The van der Waals surface area contributed by atoms with Gasteiger partial charge in [0.1, 0.15) is 5.82 Å². The van der Waals surface area contributed by atoms with Gasteiger partial charge in [-0.25, -0.2) is 0 Å². The minimum atomic E-state index is -0.183. The number of nitrogens with zero attached hydrogens (tertiary/aromatic N) is 4. The van der Waals surface area contributed by atoms with E-state index in [9.17, 15) is 9.59 Å². The van der Waals surface area contributed by atoms with Crippen molar-refractivity contribution in [3.05, 3.63) is 88.1 Å². The second-order valence-corrected chi connectivity index (χ2v) is 9.13. The van der Waals surface area contributed by atoms with Crippen LogP contribution in [0.2, 0.25) is 0 Å². The van der Waals surface area contributed by atoms with Crippen LogP contribution in [0.25, 0.3) is 27.7 Å². The van der Waals surface area contributed by atoms with Crippen LogP contribution < -0.4 is 15.0 Å². The Labute approximate surface area is 213 Å². The largest absolute Gasteiger partial charge is 0.493 e. The summed E-state index contributed by atoms with van der Waals surface area (Å²) in [5.74, 6) is 1.66. The summed E-state index contributed by atoms with van der Waals surface area (Å²) < 4.78 is 14.8. The average Bonchev–Trinajstić information content (AvgIpc) is 3.48. The summed E-state index contributed by atoms with van der Waals surface area (Å²) in [5, 5.41) is 9.49. The molecule has 37 heavy (non-hydrogen) atoms. The van der Waals surface area contributed by atoms with Gasteiger partial charge in [-0.1, -0.05) is 36.8 Å². The Kier molecular flexibility index (Phi) is 5.71. The van der Waals surface area contributed by atoms with Crippen LogP contribution in [0.1, 0.15) is 41.0 Å². The average molecular weight is 495 g/mol. The molecule has 1 aliphatic carbocycles. The van der Waals surface area contributed by atoms with E-state index >= 15 is 0 Å². The molecule has 0 aliphatic heterocycles. The van der Waals surface area contributed by atoms with Gasteiger partial charge in [-0.05, 0) is 37.1 Å². The Balaban J connectivity index is 1.36. The summed E-state index contributed by atoms with van der Waals surface area (Å²) >= 11 is 0. The Morgan fingerprint density at radius 3 is 2.46 bits per heavy atom. The molecule has 8 nitrogen and oxygen atoms in total. The summed E-state index contributed by atoms with van der Waals surface area (Å²) in [6.45, 7) is 0.486. The molecule has 0 saturated carbocycles. The fourth-order valence-electron chi connectivity index (χ4n) is 5.38. The highest BCUT2D eigenvalue weighted by Gasteiger charge is 2.33. The highest BCUT2D eigenvalue weighted by Crippen LogP contribution is 2.43. The zero-order valence-electron chi connectivity index (χ0n) is 20.7. The molecule has 2 aromatic carbocycles. The van der Waals surface area contributed by atoms with Crippen molar-refractivity contribution < 1.29 is 14.3 Å². The molecule has 0 bridgehead atoms. The molecule has 0 unspecified atom stereocenters. The van der Waals surface area contributed by atoms with Crippen molar-refractivity contribution in [2.45, 2.75) is 32.2 Å². The third kappa shape index (κ3) is 3.59. The van der Waals surface area contributed by atoms with Crippen LogP contribution in [0.4, 0.5) is 0 Å². The van der Waals surface area contributed by atoms with Gasteiger partial charge in [0.25, 0.3) is 5.56 Å². The molecule has 3 aromatic heterocycles. The fourth-order valence-corrected chi connectivity index (χ4v) is 5.38. The molecule has 0 spiro atoms. The van der Waals surface area contributed by atoms with Gasteiger partial charge >= 0.3 is 0 Å². The monoisotopic (exact) mass is 494 g/mol. The molecule has 8 heteroatoms. The Morgan fingerprint density at radius 1 is 0.838 bits per heavy atom. The number of rotatable bonds is 8. The normalized spacial score (nSPS) is 12.2. The first-order valence-electron chi connectivity index (χ1n) is 12.4. The lowest BCUT2D eigenvalue weighted by Gasteiger charge is -2.17. The van der Waals surface area contributed by atoms with Gasteiger partial charge in [0, 0.05) is 35.7 Å². The number of benzene rings is 2. The van der Waals surface area contributed by atoms with Crippen molar-refractivity contribution in [2.75, 3.05) is 14.2 Å². The Bertz CT molecular complexity index is 1730. The van der Waals surface area contributed by atoms with E-state index in [2.05, 4.69) is 10.2 Å². The number of ether oxygens (including phenoxy) is 2. The molecular formula is C29H26N4O4. The molecule has 5 aromatic rings. The minimum Gasteiger partial charge on any atom is -0.493 e. The molecule has 0 atom stereocenters. The predicted octanol–water partition coefficient (Wildman–Crippen LogP) is 4.69. The number of aromatic nitrogens is 4. The van der Waals surface area contributed by atoms with Crippen LogP contribution in [-0.4, -0.2) is 39.2 Å². The van der Waals surface area contributed by atoms with Crippen molar-refractivity contribution in [1.29, 1.82) is 0 Å². The fraction of sp³-hybridized carbons (Fsp3) is 0.241. The summed E-state index contributed by atoms with van der Waals surface area (Å²) in [5.41, 5.74) is 3.30. The van der Waals surface area contributed by atoms with E-state index in [1.54, 1.807) is 16.7 Å². The summed E-state index contributed by atoms with van der Waals surface area (Å²) in [4.78, 5) is 27.5. The maximum Gasteiger partial charge on any atom is 0.262 e. The second-order valence-electron chi connectivity index (χ2n) is 9.13. The molecule has 6 rings (SSSR count). The van der Waals surface area contributed by atoms with E-state index < -0.39 is 0 Å². The highest BCUT2D eigenvalue weighted by atomic mass is 16.5. The molecule has 0 fully saturated rings. The van der Waals surface area contributed by atoms with E-state index in [0.717, 1.165) is 42.7 Å². The number of methoxy groups -OCH3 is 2. The van der Waals surface area contributed by atoms with Crippen LogP contribution in [0.5, 0.6) is 11.5 Å². The van der Waals surface area contributed by atoms with Crippen LogP contribution in [0, 0.1) is 0 Å². The number of fused-ring (bicyclic) bond motifs is 6. The van der Waals surface area contributed by atoms with E-state index in [1.807, 2.05) is 53.1 Å². The van der Waals surface area contributed by atoms with Crippen LogP contribution in [0.3, 0.4) is 0 Å². The van der Waals surface area contributed by atoms with Crippen LogP contribution in [0.15, 0.2) is 65.6 Å². The summed E-state index contributed by atoms with van der Waals surface area (Å²) in [6, 6.07) is 16.9. The third-order valence-corrected chi connectivity index (χ3v) is 7.10. The van der Waals surface area contributed by atoms with E-state index in [-0.39, 0.29) is 11.3 Å². The molecule has 3 heterocycles. The third-order valence-electron chi connectivity index (χ3n) is 7.10. The molecule has 1 aliphatic rings. The summed E-state index contributed by atoms with van der Waals surface area (Å²) in [6.07, 6.45) is 5.34. The Morgan fingerprint density at radius 2 is 1.65 bits per heavy atom. The van der Waals surface area contributed by atoms with Gasteiger partial charge in [-0.15, -0.1) is 10.2 Å². The SMILES string of the molecule is COc1ccc2c3c(n(CCCCCc4nnc5ccccn45)c(=O)c2c1OC)-c1ccccc1C3=O. The van der Waals surface area contributed by atoms with Crippen LogP contribution >= 0.6 is 0 Å². The van der Waals surface area contributed by atoms with Gasteiger partial charge in [0.05, 0.1) is 30.9 Å². The van der Waals surface area contributed by atoms with Gasteiger partial charge in [-0.2, -0.15) is 0 Å². The second kappa shape index (κ2) is 9.20. The minimum absolute atomic E-state index is 0.0738. The van der Waals surface area contributed by atoms with Gasteiger partial charge in [0.15, 0.2) is 22.9 Å². The molecule has 0 N–H and O–H groups in total. The first-order chi connectivity index (χ1) is 18.1. The van der Waals surface area contributed by atoms with Gasteiger partial charge in [0.2, 0.25) is 0 Å². The lowest BCUT2D eigenvalue weighted by Crippen LogP contribution is -2.24. The van der Waals surface area contributed by atoms with Crippen molar-refractivity contribution in [3.63, 3.8) is 0 Å². The number of carbonyl (C=O) groups is 1. The summed E-state index contributed by atoms with van der Waals surface area (Å²) in [7, 11) is 3.05. The number of ketones is 1. The lowest BCUT2D eigenvalue weighted by molar-refractivity contribution is 0.104. The van der Waals surface area contributed by atoms with Crippen molar-refractivity contribution in [1.82, 2.24) is 19.2 Å². The van der Waals surface area contributed by atoms with E-state index in [4.69, 9.17) is 9.47 Å².